The number of benzene rings is 1. The van der Waals surface area contributed by atoms with E-state index in [1.54, 1.807) is 0 Å². The largest absolute Gasteiger partial charge is 0.386 e. The molecule has 5 heteroatoms. The van der Waals surface area contributed by atoms with Crippen molar-refractivity contribution in [3.63, 3.8) is 0 Å². The lowest BCUT2D eigenvalue weighted by Gasteiger charge is -2.15. The average molecular weight is 239 g/mol. The summed E-state index contributed by atoms with van der Waals surface area (Å²) in [6, 6.07) is 9.11. The number of hydrogen-bond donors (Lipinski definition) is 3. The van der Waals surface area contributed by atoms with Gasteiger partial charge in [-0.05, 0) is 5.56 Å². The van der Waals surface area contributed by atoms with Crippen LogP contribution in [-0.4, -0.2) is 41.4 Å². The van der Waals surface area contributed by atoms with E-state index in [-0.39, 0.29) is 6.61 Å². The molecule has 1 aliphatic heterocycles. The first-order valence-electron chi connectivity index (χ1n) is 5.57. The van der Waals surface area contributed by atoms with Crippen LogP contribution in [0.15, 0.2) is 30.3 Å². The summed E-state index contributed by atoms with van der Waals surface area (Å²) in [5.41, 5.74) is 6.73. The van der Waals surface area contributed by atoms with E-state index in [4.69, 9.17) is 15.2 Å². The highest BCUT2D eigenvalue weighted by Crippen LogP contribution is 2.18. The number of aliphatic hydroxyl groups is 2. The third-order valence-corrected chi connectivity index (χ3v) is 2.82. The number of nitrogens with two attached hydrogens (primary N) is 1. The molecule has 0 spiro atoms. The van der Waals surface area contributed by atoms with Gasteiger partial charge >= 0.3 is 0 Å². The fourth-order valence-corrected chi connectivity index (χ4v) is 1.78. The lowest BCUT2D eigenvalue weighted by atomic mass is 10.1. The van der Waals surface area contributed by atoms with Gasteiger partial charge in [-0.25, -0.2) is 0 Å². The molecule has 0 saturated carbocycles. The van der Waals surface area contributed by atoms with Gasteiger partial charge in [-0.3, -0.25) is 0 Å². The van der Waals surface area contributed by atoms with Crippen LogP contribution in [-0.2, 0) is 16.1 Å². The average Bonchev–Trinajstić information content (AvgIpc) is 2.59. The Morgan fingerprint density at radius 2 is 1.94 bits per heavy atom. The van der Waals surface area contributed by atoms with Crippen molar-refractivity contribution < 1.29 is 19.7 Å². The van der Waals surface area contributed by atoms with E-state index < -0.39 is 24.5 Å². The minimum absolute atomic E-state index is 0.254. The van der Waals surface area contributed by atoms with Crippen molar-refractivity contribution >= 4 is 0 Å². The van der Waals surface area contributed by atoms with Crippen LogP contribution in [0.2, 0.25) is 0 Å². The summed E-state index contributed by atoms with van der Waals surface area (Å²) in [6.45, 7) is 0.712. The molecular formula is C12H17NO4. The van der Waals surface area contributed by atoms with Crippen LogP contribution in [0.5, 0.6) is 0 Å². The summed E-state index contributed by atoms with van der Waals surface area (Å²) >= 11 is 0. The molecule has 94 valence electrons. The SMILES string of the molecule is N[C@@H]1[C@@H](O)[C@@H](O)O[C@@H]1COCc1ccccc1. The minimum atomic E-state index is -1.21. The molecule has 1 fully saturated rings. The van der Waals surface area contributed by atoms with Crippen LogP contribution in [0, 0.1) is 0 Å². The second-order valence-corrected chi connectivity index (χ2v) is 4.13. The van der Waals surface area contributed by atoms with Crippen LogP contribution in [0.25, 0.3) is 0 Å². The molecule has 1 aliphatic rings. The smallest absolute Gasteiger partial charge is 0.182 e. The Morgan fingerprint density at radius 3 is 2.53 bits per heavy atom. The summed E-state index contributed by atoms with van der Waals surface area (Å²) in [5.74, 6) is 0. The molecule has 4 atom stereocenters. The highest BCUT2D eigenvalue weighted by atomic mass is 16.6. The van der Waals surface area contributed by atoms with Crippen LogP contribution in [0.4, 0.5) is 0 Å². The molecule has 0 amide bonds. The first-order chi connectivity index (χ1) is 8.18. The molecule has 1 heterocycles. The van der Waals surface area contributed by atoms with Crippen LogP contribution >= 0.6 is 0 Å². The highest BCUT2D eigenvalue weighted by molar-refractivity contribution is 5.13. The van der Waals surface area contributed by atoms with E-state index in [0.29, 0.717) is 6.61 Å². The number of hydrogen-bond acceptors (Lipinski definition) is 5. The van der Waals surface area contributed by atoms with E-state index in [1.165, 1.54) is 0 Å². The van der Waals surface area contributed by atoms with Crippen LogP contribution < -0.4 is 5.73 Å². The number of rotatable bonds is 4. The van der Waals surface area contributed by atoms with Gasteiger partial charge in [0.25, 0.3) is 0 Å². The van der Waals surface area contributed by atoms with Gasteiger partial charge in [0.15, 0.2) is 6.29 Å². The summed E-state index contributed by atoms with van der Waals surface area (Å²) in [5, 5.41) is 18.6. The highest BCUT2D eigenvalue weighted by Gasteiger charge is 2.40. The van der Waals surface area contributed by atoms with Crippen molar-refractivity contribution in [1.29, 1.82) is 0 Å². The Kier molecular flexibility index (Phi) is 4.09. The van der Waals surface area contributed by atoms with Gasteiger partial charge in [-0.2, -0.15) is 0 Å². The Balaban J connectivity index is 1.76. The predicted octanol–water partition coefficient (Wildman–Crippen LogP) is -0.391. The van der Waals surface area contributed by atoms with Crippen molar-refractivity contribution in [2.75, 3.05) is 6.61 Å². The van der Waals surface area contributed by atoms with E-state index in [1.807, 2.05) is 30.3 Å². The van der Waals surface area contributed by atoms with Gasteiger partial charge in [-0.1, -0.05) is 30.3 Å². The third kappa shape index (κ3) is 3.02. The fraction of sp³-hybridized carbons (Fsp3) is 0.500. The lowest BCUT2D eigenvalue weighted by molar-refractivity contribution is -0.137. The molecule has 1 saturated heterocycles. The molecule has 0 unspecified atom stereocenters. The molecular weight excluding hydrogens is 222 g/mol. The van der Waals surface area contributed by atoms with Crippen molar-refractivity contribution in [2.24, 2.45) is 5.73 Å². The normalized spacial score (nSPS) is 32.9. The van der Waals surface area contributed by atoms with Crippen molar-refractivity contribution in [3.8, 4) is 0 Å². The Morgan fingerprint density at radius 1 is 1.24 bits per heavy atom. The molecule has 1 aromatic carbocycles. The van der Waals surface area contributed by atoms with Gasteiger partial charge < -0.3 is 25.4 Å². The van der Waals surface area contributed by atoms with Gasteiger partial charge in [-0.15, -0.1) is 0 Å². The first kappa shape index (κ1) is 12.5. The zero-order valence-corrected chi connectivity index (χ0v) is 9.40. The van der Waals surface area contributed by atoms with Crippen molar-refractivity contribution in [1.82, 2.24) is 0 Å². The summed E-state index contributed by atoms with van der Waals surface area (Å²) in [4.78, 5) is 0. The molecule has 1 aromatic rings. The van der Waals surface area contributed by atoms with Crippen molar-refractivity contribution in [3.05, 3.63) is 35.9 Å². The maximum absolute atomic E-state index is 9.40. The zero-order valence-electron chi connectivity index (χ0n) is 9.40. The maximum Gasteiger partial charge on any atom is 0.182 e. The van der Waals surface area contributed by atoms with E-state index in [2.05, 4.69) is 0 Å². The molecule has 17 heavy (non-hydrogen) atoms. The predicted molar refractivity (Wildman–Crippen MR) is 61.0 cm³/mol. The second-order valence-electron chi connectivity index (χ2n) is 4.13. The molecule has 0 aliphatic carbocycles. The molecule has 0 bridgehead atoms. The number of aliphatic hydroxyl groups excluding tert-OH is 2. The molecule has 4 N–H and O–H groups in total. The van der Waals surface area contributed by atoms with Crippen molar-refractivity contribution in [2.45, 2.75) is 31.1 Å². The Bertz CT molecular complexity index is 346. The standard InChI is InChI=1S/C12H17NO4/c13-10-9(17-12(15)11(10)14)7-16-6-8-4-2-1-3-5-8/h1-5,9-12,14-15H,6-7,13H2/t9-,10+,11-,12+/m1/s1. The van der Waals surface area contributed by atoms with Gasteiger partial charge in [0.05, 0.1) is 19.3 Å². The summed E-state index contributed by atoms with van der Waals surface area (Å²) in [6.07, 6.45) is -2.72. The van der Waals surface area contributed by atoms with Crippen LogP contribution in [0.1, 0.15) is 5.56 Å². The topological polar surface area (TPSA) is 84.9 Å². The van der Waals surface area contributed by atoms with Gasteiger partial charge in [0.1, 0.15) is 12.2 Å². The maximum atomic E-state index is 9.40. The minimum Gasteiger partial charge on any atom is -0.386 e. The zero-order chi connectivity index (χ0) is 12.3. The van der Waals surface area contributed by atoms with Gasteiger partial charge in [0.2, 0.25) is 0 Å². The summed E-state index contributed by atoms with van der Waals surface area (Å²) in [7, 11) is 0. The van der Waals surface area contributed by atoms with E-state index in [9.17, 15) is 10.2 Å². The number of ether oxygens (including phenoxy) is 2. The van der Waals surface area contributed by atoms with E-state index in [0.717, 1.165) is 5.56 Å². The van der Waals surface area contributed by atoms with Gasteiger partial charge in [0, 0.05) is 0 Å². The quantitative estimate of drug-likeness (QED) is 0.666. The first-order valence-corrected chi connectivity index (χ1v) is 5.57. The Labute approximate surface area is 99.8 Å². The summed E-state index contributed by atoms with van der Waals surface area (Å²) < 4.78 is 10.5. The fourth-order valence-electron chi connectivity index (χ4n) is 1.78. The molecule has 0 radical (unpaired) electrons. The second kappa shape index (κ2) is 5.57. The Hall–Kier alpha value is -0.980. The monoisotopic (exact) mass is 239 g/mol. The van der Waals surface area contributed by atoms with Crippen LogP contribution in [0.3, 0.4) is 0 Å². The third-order valence-electron chi connectivity index (χ3n) is 2.82. The molecule has 5 nitrogen and oxygen atoms in total. The molecule has 2 rings (SSSR count). The lowest BCUT2D eigenvalue weighted by Crippen LogP contribution is -2.42. The van der Waals surface area contributed by atoms with E-state index >= 15 is 0 Å². The molecule has 0 aromatic heterocycles.